The fourth-order valence-corrected chi connectivity index (χ4v) is 7.08. The van der Waals surface area contributed by atoms with E-state index in [-0.39, 0.29) is 35.5 Å². The van der Waals surface area contributed by atoms with Crippen molar-refractivity contribution in [3.8, 4) is 0 Å². The Kier molecular flexibility index (Phi) is 10.3. The molecule has 7 nitrogen and oxygen atoms in total. The smallest absolute Gasteiger partial charge is 0.264 e. The number of aryl methyl sites for hydroxylation is 1. The van der Waals surface area contributed by atoms with E-state index < -0.39 is 34.3 Å². The fourth-order valence-electron chi connectivity index (χ4n) is 5.67. The number of carbonyl (C=O) groups excluding carboxylic acids is 2. The van der Waals surface area contributed by atoms with Crippen LogP contribution >= 0.6 is 0 Å². The van der Waals surface area contributed by atoms with E-state index in [2.05, 4.69) is 5.32 Å². The molecule has 9 heteroatoms. The van der Waals surface area contributed by atoms with Gasteiger partial charge in [0.2, 0.25) is 11.8 Å². The Hall–Kier alpha value is -4.50. The van der Waals surface area contributed by atoms with E-state index in [1.807, 2.05) is 61.5 Å². The Morgan fingerprint density at radius 1 is 0.822 bits per heavy atom. The van der Waals surface area contributed by atoms with E-state index >= 15 is 0 Å². The zero-order valence-electron chi connectivity index (χ0n) is 25.3. The van der Waals surface area contributed by atoms with Crippen molar-refractivity contribution < 1.29 is 22.4 Å². The number of carbonyl (C=O) groups is 2. The molecule has 0 heterocycles. The third-order valence-electron chi connectivity index (χ3n) is 8.17. The fraction of sp³-hybridized carbons (Fsp3) is 0.278. The summed E-state index contributed by atoms with van der Waals surface area (Å²) in [6.07, 6.45) is 4.09. The minimum Gasteiger partial charge on any atom is -0.352 e. The summed E-state index contributed by atoms with van der Waals surface area (Å²) in [6, 6.07) is 29.2. The van der Waals surface area contributed by atoms with Crippen LogP contribution in [-0.2, 0) is 32.6 Å². The summed E-state index contributed by atoms with van der Waals surface area (Å²) in [4.78, 5) is 29.9. The number of para-hydroxylation sites is 1. The lowest BCUT2D eigenvalue weighted by Crippen LogP contribution is -2.54. The molecule has 0 saturated heterocycles. The molecule has 1 aliphatic carbocycles. The number of benzene rings is 4. The SMILES string of the molecule is Cc1ccc(CN(C(=O)CN(c2ccccc2)S(=O)(=O)c2ccc(F)cc2)C(Cc2ccccc2)C(=O)NC2CCCC2)cc1. The minimum atomic E-state index is -4.28. The van der Waals surface area contributed by atoms with Crippen LogP contribution in [0.1, 0.15) is 42.4 Å². The van der Waals surface area contributed by atoms with Crippen LogP contribution in [0, 0.1) is 12.7 Å². The lowest BCUT2D eigenvalue weighted by Gasteiger charge is -2.34. The topological polar surface area (TPSA) is 86.8 Å². The minimum absolute atomic E-state index is 0.0340. The predicted octanol–water partition coefficient (Wildman–Crippen LogP) is 6.03. The Morgan fingerprint density at radius 2 is 1.42 bits per heavy atom. The molecule has 4 aromatic rings. The molecule has 4 aromatic carbocycles. The van der Waals surface area contributed by atoms with Gasteiger partial charge in [-0.05, 0) is 67.3 Å². The van der Waals surface area contributed by atoms with Gasteiger partial charge < -0.3 is 10.2 Å². The number of nitrogens with one attached hydrogen (secondary N) is 1. The second-order valence-electron chi connectivity index (χ2n) is 11.5. The number of amides is 2. The normalized spacial score (nSPS) is 14.1. The molecule has 1 aliphatic rings. The Morgan fingerprint density at radius 3 is 2.04 bits per heavy atom. The van der Waals surface area contributed by atoms with E-state index in [0.717, 1.165) is 58.8 Å². The van der Waals surface area contributed by atoms with Crippen LogP contribution in [0.15, 0.2) is 114 Å². The van der Waals surface area contributed by atoms with Gasteiger partial charge in [-0.2, -0.15) is 0 Å². The van der Waals surface area contributed by atoms with Crippen molar-refractivity contribution in [2.75, 3.05) is 10.8 Å². The highest BCUT2D eigenvalue weighted by Crippen LogP contribution is 2.26. The van der Waals surface area contributed by atoms with Crippen LogP contribution in [0.4, 0.5) is 10.1 Å². The highest BCUT2D eigenvalue weighted by atomic mass is 32.2. The highest BCUT2D eigenvalue weighted by molar-refractivity contribution is 7.92. The van der Waals surface area contributed by atoms with E-state index in [1.54, 1.807) is 30.3 Å². The molecule has 234 valence electrons. The Labute approximate surface area is 264 Å². The average Bonchev–Trinajstić information content (AvgIpc) is 3.56. The summed E-state index contributed by atoms with van der Waals surface area (Å²) in [5.41, 5.74) is 3.02. The van der Waals surface area contributed by atoms with Gasteiger partial charge in [0.1, 0.15) is 18.4 Å². The van der Waals surface area contributed by atoms with Gasteiger partial charge in [-0.1, -0.05) is 91.2 Å². The second-order valence-corrected chi connectivity index (χ2v) is 13.4. The lowest BCUT2D eigenvalue weighted by molar-refractivity contribution is -0.140. The van der Waals surface area contributed by atoms with Crippen LogP contribution in [0.5, 0.6) is 0 Å². The van der Waals surface area contributed by atoms with Crippen molar-refractivity contribution in [3.63, 3.8) is 0 Å². The van der Waals surface area contributed by atoms with Gasteiger partial charge in [0, 0.05) is 19.0 Å². The summed E-state index contributed by atoms with van der Waals surface area (Å²) in [6.45, 7) is 1.52. The third-order valence-corrected chi connectivity index (χ3v) is 9.96. The first-order chi connectivity index (χ1) is 21.7. The zero-order valence-corrected chi connectivity index (χ0v) is 26.1. The molecule has 1 atom stereocenters. The predicted molar refractivity (Wildman–Crippen MR) is 173 cm³/mol. The monoisotopic (exact) mass is 627 g/mol. The highest BCUT2D eigenvalue weighted by Gasteiger charge is 2.35. The first-order valence-electron chi connectivity index (χ1n) is 15.2. The van der Waals surface area contributed by atoms with E-state index in [0.29, 0.717) is 0 Å². The molecule has 0 radical (unpaired) electrons. The second kappa shape index (κ2) is 14.5. The molecular weight excluding hydrogens is 589 g/mol. The molecule has 0 bridgehead atoms. The number of sulfonamides is 1. The first kappa shape index (κ1) is 31.9. The Balaban J connectivity index is 1.54. The summed E-state index contributed by atoms with van der Waals surface area (Å²) in [7, 11) is -4.28. The van der Waals surface area contributed by atoms with E-state index in [4.69, 9.17) is 0 Å². The summed E-state index contributed by atoms with van der Waals surface area (Å²) >= 11 is 0. The molecule has 0 aromatic heterocycles. The van der Waals surface area contributed by atoms with Crippen molar-refractivity contribution in [1.29, 1.82) is 0 Å². The van der Waals surface area contributed by atoms with Gasteiger partial charge >= 0.3 is 0 Å². The van der Waals surface area contributed by atoms with E-state index in [1.165, 1.54) is 17.0 Å². The van der Waals surface area contributed by atoms with Gasteiger partial charge in [0.15, 0.2) is 0 Å². The van der Waals surface area contributed by atoms with Crippen molar-refractivity contribution >= 4 is 27.5 Å². The molecule has 0 spiro atoms. The zero-order chi connectivity index (χ0) is 31.8. The van der Waals surface area contributed by atoms with Crippen LogP contribution in [0.3, 0.4) is 0 Å². The third kappa shape index (κ3) is 8.16. The molecule has 1 N–H and O–H groups in total. The lowest BCUT2D eigenvalue weighted by atomic mass is 10.0. The van der Waals surface area contributed by atoms with Crippen molar-refractivity contribution in [3.05, 3.63) is 132 Å². The first-order valence-corrected chi connectivity index (χ1v) is 16.7. The van der Waals surface area contributed by atoms with Gasteiger partial charge in [-0.25, -0.2) is 12.8 Å². The number of rotatable bonds is 12. The van der Waals surface area contributed by atoms with E-state index in [9.17, 15) is 22.4 Å². The van der Waals surface area contributed by atoms with Crippen molar-refractivity contribution in [1.82, 2.24) is 10.2 Å². The average molecular weight is 628 g/mol. The molecule has 1 unspecified atom stereocenters. The molecular formula is C36H38FN3O4S. The maximum Gasteiger partial charge on any atom is 0.264 e. The summed E-state index contributed by atoms with van der Waals surface area (Å²) in [5, 5.41) is 3.18. The molecule has 45 heavy (non-hydrogen) atoms. The molecule has 1 fully saturated rings. The van der Waals surface area contributed by atoms with Crippen LogP contribution in [0.25, 0.3) is 0 Å². The quantitative estimate of drug-likeness (QED) is 0.208. The number of hydrogen-bond acceptors (Lipinski definition) is 4. The summed E-state index contributed by atoms with van der Waals surface area (Å²) < 4.78 is 42.7. The molecule has 5 rings (SSSR count). The van der Waals surface area contributed by atoms with Crippen LogP contribution < -0.4 is 9.62 Å². The molecule has 2 amide bonds. The molecule has 1 saturated carbocycles. The van der Waals surface area contributed by atoms with Gasteiger partial charge in [-0.15, -0.1) is 0 Å². The van der Waals surface area contributed by atoms with Gasteiger partial charge in [0.05, 0.1) is 10.6 Å². The Bertz CT molecular complexity index is 1680. The van der Waals surface area contributed by atoms with Crippen LogP contribution in [-0.4, -0.2) is 43.8 Å². The largest absolute Gasteiger partial charge is 0.352 e. The van der Waals surface area contributed by atoms with Gasteiger partial charge in [0.25, 0.3) is 10.0 Å². The van der Waals surface area contributed by atoms with Gasteiger partial charge in [-0.3, -0.25) is 13.9 Å². The number of anilines is 1. The van der Waals surface area contributed by atoms with Crippen LogP contribution in [0.2, 0.25) is 0 Å². The van der Waals surface area contributed by atoms with Crippen molar-refractivity contribution in [2.24, 2.45) is 0 Å². The standard InChI is InChI=1S/C36H38FN3O4S/c1-27-16-18-29(19-17-27)25-39(34(24-28-10-4-2-5-11-28)36(42)38-31-12-8-9-13-31)35(41)26-40(32-14-6-3-7-15-32)45(43,44)33-22-20-30(37)21-23-33/h2-7,10-11,14-23,31,34H,8-9,12-13,24-26H2,1H3,(H,38,42). The maximum atomic E-state index is 14.5. The molecule has 0 aliphatic heterocycles. The number of nitrogens with zero attached hydrogens (tertiary/aromatic N) is 2. The number of hydrogen-bond donors (Lipinski definition) is 1. The summed E-state index contributed by atoms with van der Waals surface area (Å²) in [5.74, 6) is -1.37. The van der Waals surface area contributed by atoms with Crippen molar-refractivity contribution in [2.45, 2.75) is 62.6 Å². The maximum absolute atomic E-state index is 14.5. The number of halogens is 1.